The molecule has 104 valence electrons. The van der Waals surface area contributed by atoms with Gasteiger partial charge in [0, 0.05) is 0 Å². The van der Waals surface area contributed by atoms with Crippen molar-refractivity contribution in [2.45, 2.75) is 51.7 Å². The Balaban J connectivity index is 1.69. The molecule has 18 heavy (non-hydrogen) atoms. The van der Waals surface area contributed by atoms with Crippen LogP contribution < -0.4 is 5.32 Å². The first-order valence-corrected chi connectivity index (χ1v) is 7.01. The summed E-state index contributed by atoms with van der Waals surface area (Å²) in [5, 5.41) is 3.30. The van der Waals surface area contributed by atoms with Crippen LogP contribution in [0.3, 0.4) is 0 Å². The second-order valence-electron chi connectivity index (χ2n) is 6.37. The molecule has 4 heteroatoms. The Labute approximate surface area is 109 Å². The van der Waals surface area contributed by atoms with E-state index in [1.165, 1.54) is 12.8 Å². The van der Waals surface area contributed by atoms with Crippen molar-refractivity contribution in [1.82, 2.24) is 5.32 Å². The quantitative estimate of drug-likeness (QED) is 0.614. The molecule has 2 rings (SSSR count). The minimum absolute atomic E-state index is 0.0767. The summed E-state index contributed by atoms with van der Waals surface area (Å²) in [5.74, 6) is 1.09. The predicted octanol–water partition coefficient (Wildman–Crippen LogP) is 1.73. The van der Waals surface area contributed by atoms with Gasteiger partial charge >= 0.3 is 5.97 Å². The molecule has 0 amide bonds. The summed E-state index contributed by atoms with van der Waals surface area (Å²) in [4.78, 5) is 12.0. The number of carbonyl (C=O) groups is 1. The maximum Gasteiger partial charge on any atom is 0.323 e. The second kappa shape index (κ2) is 5.57. The molecule has 0 aromatic rings. The highest BCUT2D eigenvalue weighted by atomic mass is 16.6. The molecule has 3 atom stereocenters. The molecule has 0 bridgehead atoms. The predicted molar refractivity (Wildman–Crippen MR) is 69.3 cm³/mol. The molecular weight excluding hydrogens is 230 g/mol. The monoisotopic (exact) mass is 255 g/mol. The Morgan fingerprint density at radius 3 is 2.78 bits per heavy atom. The van der Waals surface area contributed by atoms with Crippen molar-refractivity contribution in [3.63, 3.8) is 0 Å². The maximum atomic E-state index is 12.0. The van der Waals surface area contributed by atoms with Crippen LogP contribution in [0, 0.1) is 11.8 Å². The van der Waals surface area contributed by atoms with Crippen molar-refractivity contribution in [2.24, 2.45) is 11.8 Å². The lowest BCUT2D eigenvalue weighted by Gasteiger charge is -2.20. The van der Waals surface area contributed by atoms with Gasteiger partial charge < -0.3 is 14.8 Å². The third kappa shape index (κ3) is 3.45. The molecule has 2 fully saturated rings. The third-order valence-corrected chi connectivity index (χ3v) is 3.86. The van der Waals surface area contributed by atoms with E-state index in [-0.39, 0.29) is 17.6 Å². The van der Waals surface area contributed by atoms with E-state index in [2.05, 4.69) is 5.32 Å². The molecule has 1 heterocycles. The summed E-state index contributed by atoms with van der Waals surface area (Å²) in [5.41, 5.74) is -0.172. The van der Waals surface area contributed by atoms with Crippen LogP contribution in [0.25, 0.3) is 0 Å². The zero-order valence-electron chi connectivity index (χ0n) is 11.7. The van der Waals surface area contributed by atoms with Crippen molar-refractivity contribution in [2.75, 3.05) is 19.8 Å². The molecular formula is C14H25NO3. The zero-order valence-corrected chi connectivity index (χ0v) is 11.7. The molecule has 4 nitrogen and oxygen atoms in total. The summed E-state index contributed by atoms with van der Waals surface area (Å²) in [7, 11) is 0. The van der Waals surface area contributed by atoms with Gasteiger partial charge in [0.2, 0.25) is 0 Å². The molecule has 0 spiro atoms. The van der Waals surface area contributed by atoms with Crippen LogP contribution in [0.2, 0.25) is 0 Å². The smallest absolute Gasteiger partial charge is 0.323 e. The molecule has 2 aliphatic rings. The fourth-order valence-electron chi connectivity index (χ4n) is 3.03. The van der Waals surface area contributed by atoms with Crippen molar-refractivity contribution < 1.29 is 14.3 Å². The normalized spacial score (nSPS) is 31.4. The van der Waals surface area contributed by atoms with Gasteiger partial charge in [-0.25, -0.2) is 0 Å². The van der Waals surface area contributed by atoms with Crippen molar-refractivity contribution >= 4 is 5.97 Å². The maximum absolute atomic E-state index is 12.0. The van der Waals surface area contributed by atoms with Gasteiger partial charge in [0.05, 0.1) is 12.2 Å². The first kappa shape index (κ1) is 13.8. The summed E-state index contributed by atoms with van der Waals surface area (Å²) in [6.45, 7) is 7.79. The number of hydrogen-bond donors (Lipinski definition) is 1. The third-order valence-electron chi connectivity index (χ3n) is 3.86. The topological polar surface area (TPSA) is 47.6 Å². The van der Waals surface area contributed by atoms with E-state index < -0.39 is 0 Å². The number of fused-ring (bicyclic) bond motifs is 1. The van der Waals surface area contributed by atoms with Crippen molar-refractivity contribution in [3.8, 4) is 0 Å². The van der Waals surface area contributed by atoms with E-state index in [1.807, 2.05) is 20.8 Å². The molecule has 1 saturated carbocycles. The van der Waals surface area contributed by atoms with Gasteiger partial charge in [-0.2, -0.15) is 0 Å². The van der Waals surface area contributed by atoms with Crippen LogP contribution in [-0.4, -0.2) is 37.4 Å². The fraction of sp³-hybridized carbons (Fsp3) is 0.929. The van der Waals surface area contributed by atoms with Gasteiger partial charge in [0.15, 0.2) is 0 Å². The Morgan fingerprint density at radius 2 is 2.06 bits per heavy atom. The SMILES string of the molecule is CC(C)(C)OCCOC(=O)C1NCC2CCCC21. The molecule has 0 radical (unpaired) electrons. The molecule has 1 aliphatic carbocycles. The van der Waals surface area contributed by atoms with Gasteiger partial charge in [-0.3, -0.25) is 4.79 Å². The Hall–Kier alpha value is -0.610. The fourth-order valence-corrected chi connectivity index (χ4v) is 3.03. The molecule has 3 unspecified atom stereocenters. The average Bonchev–Trinajstić information content (AvgIpc) is 2.83. The standard InChI is InChI=1S/C14H25NO3/c1-14(2,3)18-8-7-17-13(16)12-11-6-4-5-10(11)9-15-12/h10-12,15H,4-9H2,1-3H3. The summed E-state index contributed by atoms with van der Waals surface area (Å²) >= 11 is 0. The van der Waals surface area contributed by atoms with E-state index in [0.29, 0.717) is 25.0 Å². The lowest BCUT2D eigenvalue weighted by atomic mass is 9.94. The van der Waals surface area contributed by atoms with Crippen LogP contribution in [0.1, 0.15) is 40.0 Å². The number of ether oxygens (including phenoxy) is 2. The van der Waals surface area contributed by atoms with E-state index in [4.69, 9.17) is 9.47 Å². The summed E-state index contributed by atoms with van der Waals surface area (Å²) in [6, 6.07) is -0.0767. The summed E-state index contributed by atoms with van der Waals surface area (Å²) < 4.78 is 10.8. The molecule has 1 saturated heterocycles. The summed E-state index contributed by atoms with van der Waals surface area (Å²) in [6.07, 6.45) is 3.68. The average molecular weight is 255 g/mol. The number of carbonyl (C=O) groups excluding carboxylic acids is 1. The zero-order chi connectivity index (χ0) is 13.2. The molecule has 0 aromatic heterocycles. The lowest BCUT2D eigenvalue weighted by Crippen LogP contribution is -2.37. The second-order valence-corrected chi connectivity index (χ2v) is 6.37. The minimum Gasteiger partial charge on any atom is -0.462 e. The highest BCUT2D eigenvalue weighted by Gasteiger charge is 2.43. The van der Waals surface area contributed by atoms with E-state index >= 15 is 0 Å². The van der Waals surface area contributed by atoms with E-state index in [1.54, 1.807) is 0 Å². The van der Waals surface area contributed by atoms with Gasteiger partial charge in [0.1, 0.15) is 12.6 Å². The van der Waals surface area contributed by atoms with Crippen LogP contribution in [0.4, 0.5) is 0 Å². The number of hydrogen-bond acceptors (Lipinski definition) is 4. The molecule has 0 aromatic carbocycles. The van der Waals surface area contributed by atoms with Crippen molar-refractivity contribution in [3.05, 3.63) is 0 Å². The Bertz CT molecular complexity index is 298. The van der Waals surface area contributed by atoms with Crippen molar-refractivity contribution in [1.29, 1.82) is 0 Å². The molecule has 1 aliphatic heterocycles. The van der Waals surface area contributed by atoms with Crippen LogP contribution >= 0.6 is 0 Å². The minimum atomic E-state index is -0.172. The van der Waals surface area contributed by atoms with Crippen LogP contribution in [-0.2, 0) is 14.3 Å². The van der Waals surface area contributed by atoms with Gasteiger partial charge in [-0.15, -0.1) is 0 Å². The van der Waals surface area contributed by atoms with E-state index in [9.17, 15) is 4.79 Å². The largest absolute Gasteiger partial charge is 0.462 e. The van der Waals surface area contributed by atoms with Crippen LogP contribution in [0.5, 0.6) is 0 Å². The van der Waals surface area contributed by atoms with Gasteiger partial charge in [-0.05, 0) is 52.0 Å². The highest BCUT2D eigenvalue weighted by Crippen LogP contribution is 2.37. The first-order chi connectivity index (χ1) is 8.47. The van der Waals surface area contributed by atoms with Crippen LogP contribution in [0.15, 0.2) is 0 Å². The van der Waals surface area contributed by atoms with E-state index in [0.717, 1.165) is 13.0 Å². The van der Waals surface area contributed by atoms with Gasteiger partial charge in [0.25, 0.3) is 0 Å². The van der Waals surface area contributed by atoms with Gasteiger partial charge in [-0.1, -0.05) is 6.42 Å². The molecule has 1 N–H and O–H groups in total. The Kier molecular flexibility index (Phi) is 4.28. The lowest BCUT2D eigenvalue weighted by molar-refractivity contribution is -0.150. The number of rotatable bonds is 4. The Morgan fingerprint density at radius 1 is 1.28 bits per heavy atom. The highest BCUT2D eigenvalue weighted by molar-refractivity contribution is 5.76. The number of esters is 1. The number of nitrogens with one attached hydrogen (secondary N) is 1. The first-order valence-electron chi connectivity index (χ1n) is 7.01.